The van der Waals surface area contributed by atoms with Crippen LogP contribution in [-0.4, -0.2) is 23.6 Å². The van der Waals surface area contributed by atoms with Crippen molar-refractivity contribution >= 4 is 90.2 Å². The van der Waals surface area contributed by atoms with Crippen LogP contribution in [0.4, 0.5) is 11.4 Å². The summed E-state index contributed by atoms with van der Waals surface area (Å²) in [5, 5.41) is 8.05. The molecular weight excluding hydrogens is 1000 g/mol. The monoisotopic (exact) mass is 1070 g/mol. The number of imide groups is 2. The van der Waals surface area contributed by atoms with Gasteiger partial charge in [-0.15, -0.1) is 0 Å². The van der Waals surface area contributed by atoms with Crippen LogP contribution in [-0.2, 0) is 12.8 Å². The predicted octanol–water partition coefficient (Wildman–Crippen LogP) is 19.4. The molecule has 0 saturated carbocycles. The van der Waals surface area contributed by atoms with Crippen LogP contribution < -0.4 is 9.80 Å². The van der Waals surface area contributed by atoms with E-state index in [2.05, 4.69) is 179 Å². The first-order valence-corrected chi connectivity index (χ1v) is 29.1. The third-order valence-electron chi connectivity index (χ3n) is 18.5. The Balaban J connectivity index is 0.776. The number of carbonyl (C=O) groups excluding carboxylic acids is 4. The van der Waals surface area contributed by atoms with E-state index in [-0.39, 0.29) is 47.3 Å². The molecule has 0 fully saturated rings. The van der Waals surface area contributed by atoms with E-state index in [9.17, 15) is 19.2 Å². The zero-order chi connectivity index (χ0) is 57.2. The summed E-state index contributed by atoms with van der Waals surface area (Å²) in [6, 6.07) is 42.9. The van der Waals surface area contributed by atoms with Crippen molar-refractivity contribution in [2.75, 3.05) is 9.80 Å². The van der Waals surface area contributed by atoms with E-state index < -0.39 is 0 Å². The standard InChI is InChI=1S/C76H64N2O4/c1-13-43-27-59(37(3)4)71(60(28-43)38(5)6)77-73(79)55-21-17-51-63-33-47-25-41(11)45(31-49(47)35-65(63)53-19-23-57(75(77)81)69(55)67(51)53)15-16-46-32-50-36-66-54-20-24-58-70-56(22-18-52(68(54)70)64(66)34-48(50)26-42(46)12)74(80)78(76(58)82)72-61(39(7)8)29-44(14-2)30-62(72)40(9)10/h13-14,17-40H,1-2,15-16H2,3-12H3. The van der Waals surface area contributed by atoms with Gasteiger partial charge in [0.1, 0.15) is 0 Å². The summed E-state index contributed by atoms with van der Waals surface area (Å²) in [5.41, 5.74) is 23.1. The second-order valence-electron chi connectivity index (χ2n) is 24.7. The van der Waals surface area contributed by atoms with Crippen LogP contribution in [0.1, 0.15) is 176 Å². The van der Waals surface area contributed by atoms with Gasteiger partial charge in [0.15, 0.2) is 0 Å². The average molecular weight is 1070 g/mol. The minimum atomic E-state index is -0.286. The molecule has 0 spiro atoms. The summed E-state index contributed by atoms with van der Waals surface area (Å²) < 4.78 is 0. The molecule has 0 saturated heterocycles. The van der Waals surface area contributed by atoms with Crippen LogP contribution >= 0.6 is 0 Å². The topological polar surface area (TPSA) is 74.8 Å². The van der Waals surface area contributed by atoms with Gasteiger partial charge < -0.3 is 0 Å². The molecule has 4 aliphatic rings. The highest BCUT2D eigenvalue weighted by atomic mass is 16.2. The summed E-state index contributed by atoms with van der Waals surface area (Å²) in [5.74, 6) is -0.857. The normalized spacial score (nSPS) is 13.9. The number of anilines is 2. The molecule has 6 nitrogen and oxygen atoms in total. The number of fused-ring (bicyclic) bond motifs is 8. The van der Waals surface area contributed by atoms with Gasteiger partial charge in [0.05, 0.1) is 11.4 Å². The van der Waals surface area contributed by atoms with Gasteiger partial charge in [-0.2, -0.15) is 0 Å². The maximum atomic E-state index is 14.9. The lowest BCUT2D eigenvalue weighted by molar-refractivity contribution is 0.0877. The van der Waals surface area contributed by atoms with Crippen molar-refractivity contribution in [2.24, 2.45) is 0 Å². The summed E-state index contributed by atoms with van der Waals surface area (Å²) >= 11 is 0. The van der Waals surface area contributed by atoms with Crippen molar-refractivity contribution in [3.8, 4) is 44.5 Å². The molecule has 2 aliphatic carbocycles. The first kappa shape index (κ1) is 51.2. The molecule has 0 aromatic heterocycles. The zero-order valence-electron chi connectivity index (χ0n) is 48.4. The summed E-state index contributed by atoms with van der Waals surface area (Å²) in [6.45, 7) is 29.4. The van der Waals surface area contributed by atoms with Crippen molar-refractivity contribution in [1.82, 2.24) is 0 Å². The second kappa shape index (κ2) is 18.3. The Morgan fingerprint density at radius 2 is 0.585 bits per heavy atom. The number of rotatable bonds is 11. The largest absolute Gasteiger partial charge is 0.268 e. The maximum absolute atomic E-state index is 14.9. The number of hydrogen-bond acceptors (Lipinski definition) is 4. The number of hydrogen-bond donors (Lipinski definition) is 0. The van der Waals surface area contributed by atoms with Gasteiger partial charge in [-0.1, -0.05) is 129 Å². The minimum Gasteiger partial charge on any atom is -0.268 e. The number of benzene rings is 10. The molecule has 402 valence electrons. The van der Waals surface area contributed by atoms with Gasteiger partial charge in [-0.3, -0.25) is 19.2 Å². The molecule has 0 radical (unpaired) electrons. The minimum absolute atomic E-state index is 0.0713. The van der Waals surface area contributed by atoms with Gasteiger partial charge >= 0.3 is 0 Å². The molecule has 14 rings (SSSR count). The molecule has 2 heterocycles. The van der Waals surface area contributed by atoms with Gasteiger partial charge in [0, 0.05) is 33.0 Å². The Kier molecular flexibility index (Phi) is 11.4. The van der Waals surface area contributed by atoms with Crippen molar-refractivity contribution in [2.45, 2.75) is 106 Å². The van der Waals surface area contributed by atoms with Crippen LogP contribution in [0.25, 0.3) is 99.7 Å². The van der Waals surface area contributed by atoms with Crippen molar-refractivity contribution in [3.05, 3.63) is 212 Å². The molecule has 10 aromatic carbocycles. The predicted molar refractivity (Wildman–Crippen MR) is 340 cm³/mol. The Hall–Kier alpha value is -9.00. The summed E-state index contributed by atoms with van der Waals surface area (Å²) in [7, 11) is 0. The molecule has 6 heteroatoms. The lowest BCUT2D eigenvalue weighted by Gasteiger charge is -2.33. The van der Waals surface area contributed by atoms with E-state index in [1.165, 1.54) is 32.1 Å². The van der Waals surface area contributed by atoms with Crippen molar-refractivity contribution in [3.63, 3.8) is 0 Å². The van der Waals surface area contributed by atoms with Gasteiger partial charge in [-0.25, -0.2) is 9.80 Å². The van der Waals surface area contributed by atoms with Crippen LogP contribution in [0.3, 0.4) is 0 Å². The molecule has 82 heavy (non-hydrogen) atoms. The molecule has 0 N–H and O–H groups in total. The molecular formula is C76H64N2O4. The zero-order valence-corrected chi connectivity index (χ0v) is 48.4. The quantitative estimate of drug-likeness (QED) is 0.121. The van der Waals surface area contributed by atoms with E-state index in [0.29, 0.717) is 33.6 Å². The van der Waals surface area contributed by atoms with E-state index in [4.69, 9.17) is 0 Å². The van der Waals surface area contributed by atoms with Crippen LogP contribution in [0, 0.1) is 13.8 Å². The molecule has 4 amide bonds. The average Bonchev–Trinajstić information content (AvgIpc) is 1.64. The first-order valence-electron chi connectivity index (χ1n) is 29.1. The molecule has 0 unspecified atom stereocenters. The Bertz CT molecular complexity index is 4280. The van der Waals surface area contributed by atoms with E-state index in [0.717, 1.165) is 134 Å². The maximum Gasteiger partial charge on any atom is 0.266 e. The molecule has 2 aliphatic heterocycles. The Labute approximate surface area is 479 Å². The number of amides is 4. The fraction of sp³-hybridized carbons (Fsp3) is 0.211. The lowest BCUT2D eigenvalue weighted by Crippen LogP contribution is -2.41. The van der Waals surface area contributed by atoms with Gasteiger partial charge in [0.2, 0.25) is 0 Å². The highest BCUT2D eigenvalue weighted by Crippen LogP contribution is 2.55. The van der Waals surface area contributed by atoms with E-state index in [1.54, 1.807) is 0 Å². The lowest BCUT2D eigenvalue weighted by atomic mass is 9.86. The molecule has 10 aromatic rings. The smallest absolute Gasteiger partial charge is 0.266 e. The van der Waals surface area contributed by atoms with Gasteiger partial charge in [0.25, 0.3) is 23.6 Å². The first-order chi connectivity index (χ1) is 39.4. The number of carbonyl (C=O) groups is 4. The van der Waals surface area contributed by atoms with Crippen LogP contribution in [0.5, 0.6) is 0 Å². The SMILES string of the molecule is C=Cc1cc(C(C)C)c(N2C(=O)c3ccc4c5c(ccc(c35)C2=O)-c2cc3cc(CCc5cc6cc7c(cc6cc5C)-c5ccc6c8c(ccc-7c58)C(=O)N(c5c(C(C)C)cc(C=C)cc5C(C)C)C6=O)c(C)cc3cc2-4)c(C(C)C)c1. The Morgan fingerprint density at radius 3 is 0.841 bits per heavy atom. The van der Waals surface area contributed by atoms with E-state index in [1.807, 2.05) is 36.4 Å². The fourth-order valence-corrected chi connectivity index (χ4v) is 14.3. The highest BCUT2D eigenvalue weighted by Gasteiger charge is 2.42. The highest BCUT2D eigenvalue weighted by molar-refractivity contribution is 6.40. The molecule has 0 atom stereocenters. The summed E-state index contributed by atoms with van der Waals surface area (Å²) in [6.07, 6.45) is 5.39. The van der Waals surface area contributed by atoms with Gasteiger partial charge in [-0.05, 0) is 256 Å². The van der Waals surface area contributed by atoms with Crippen LogP contribution in [0.15, 0.2) is 134 Å². The van der Waals surface area contributed by atoms with E-state index >= 15 is 0 Å². The third kappa shape index (κ3) is 7.19. The second-order valence-corrected chi connectivity index (χ2v) is 24.7. The fourth-order valence-electron chi connectivity index (χ4n) is 14.3. The Morgan fingerprint density at radius 1 is 0.341 bits per heavy atom. The van der Waals surface area contributed by atoms with Crippen molar-refractivity contribution in [1.29, 1.82) is 0 Å². The number of aryl methyl sites for hydroxylation is 4. The summed E-state index contributed by atoms with van der Waals surface area (Å²) in [4.78, 5) is 62.4. The van der Waals surface area contributed by atoms with Crippen LogP contribution in [0.2, 0.25) is 0 Å². The number of nitrogens with zero attached hydrogens (tertiary/aromatic N) is 2. The van der Waals surface area contributed by atoms with Crippen molar-refractivity contribution < 1.29 is 19.2 Å². The molecule has 0 bridgehead atoms. The third-order valence-corrected chi connectivity index (χ3v) is 18.5.